The molecule has 0 bridgehead atoms. The summed E-state index contributed by atoms with van der Waals surface area (Å²) in [4.78, 5) is 19.7. The highest BCUT2D eigenvalue weighted by molar-refractivity contribution is 7.07. The molecule has 1 aromatic heterocycles. The molecule has 0 unspecified atom stereocenters. The van der Waals surface area contributed by atoms with Crippen LogP contribution in [0.5, 0.6) is 11.5 Å². The van der Waals surface area contributed by atoms with Gasteiger partial charge in [0.1, 0.15) is 0 Å². The van der Waals surface area contributed by atoms with Gasteiger partial charge in [0.15, 0.2) is 16.3 Å². The van der Waals surface area contributed by atoms with E-state index in [2.05, 4.69) is 24.3 Å². The molecule has 1 aliphatic carbocycles. The lowest BCUT2D eigenvalue weighted by Crippen LogP contribution is -2.38. The van der Waals surface area contributed by atoms with Gasteiger partial charge in [-0.15, -0.1) is 0 Å². The van der Waals surface area contributed by atoms with Gasteiger partial charge in [0.25, 0.3) is 5.56 Å². The average molecular weight is 529 g/mol. The zero-order valence-electron chi connectivity index (χ0n) is 20.5. The molecule has 0 saturated carbocycles. The topological polar surface area (TPSA) is 52.8 Å². The van der Waals surface area contributed by atoms with Crippen molar-refractivity contribution in [2.24, 2.45) is 4.99 Å². The van der Waals surface area contributed by atoms with Gasteiger partial charge in [0.05, 0.1) is 30.0 Å². The maximum atomic E-state index is 13.9. The highest BCUT2D eigenvalue weighted by atomic mass is 35.5. The Hall–Kier alpha value is -3.61. The molecule has 0 N–H and O–H groups in total. The van der Waals surface area contributed by atoms with E-state index in [9.17, 15) is 4.79 Å². The van der Waals surface area contributed by atoms with Gasteiger partial charge in [-0.2, -0.15) is 0 Å². The Balaban J connectivity index is 1.56. The molecule has 3 aromatic carbocycles. The largest absolute Gasteiger partial charge is 0.493 e. The Morgan fingerprint density at radius 1 is 1.08 bits per heavy atom. The van der Waals surface area contributed by atoms with E-state index in [4.69, 9.17) is 26.1 Å². The summed E-state index contributed by atoms with van der Waals surface area (Å²) in [6.45, 7) is 2.46. The smallest absolute Gasteiger partial charge is 0.271 e. The fourth-order valence-corrected chi connectivity index (χ4v) is 6.30. The van der Waals surface area contributed by atoms with Crippen molar-refractivity contribution in [3.8, 4) is 11.5 Å². The summed E-state index contributed by atoms with van der Waals surface area (Å²) in [6.07, 6.45) is 3.68. The molecule has 186 valence electrons. The van der Waals surface area contributed by atoms with E-state index in [0.29, 0.717) is 32.5 Å². The Morgan fingerprint density at radius 3 is 2.68 bits per heavy atom. The quantitative estimate of drug-likeness (QED) is 0.349. The number of aromatic nitrogens is 1. The molecule has 37 heavy (non-hydrogen) atoms. The van der Waals surface area contributed by atoms with Gasteiger partial charge in [0, 0.05) is 10.6 Å². The van der Waals surface area contributed by atoms with E-state index in [-0.39, 0.29) is 11.6 Å². The second kappa shape index (κ2) is 9.69. The van der Waals surface area contributed by atoms with Crippen molar-refractivity contribution in [1.82, 2.24) is 4.57 Å². The number of methoxy groups -OCH3 is 1. The molecule has 1 aliphatic heterocycles. The number of fused-ring (bicyclic) bond motifs is 3. The van der Waals surface area contributed by atoms with Crippen LogP contribution >= 0.6 is 22.9 Å². The summed E-state index contributed by atoms with van der Waals surface area (Å²) < 4.78 is 13.6. The third-order valence-electron chi connectivity index (χ3n) is 6.84. The number of benzene rings is 3. The van der Waals surface area contributed by atoms with E-state index >= 15 is 0 Å². The van der Waals surface area contributed by atoms with Crippen LogP contribution in [0.1, 0.15) is 41.6 Å². The Kier molecular flexibility index (Phi) is 6.22. The van der Waals surface area contributed by atoms with Gasteiger partial charge in [-0.25, -0.2) is 4.99 Å². The minimum atomic E-state index is -0.228. The first-order valence-corrected chi connectivity index (χ1v) is 13.5. The number of nitrogens with zero attached hydrogens (tertiary/aromatic N) is 2. The van der Waals surface area contributed by atoms with Gasteiger partial charge in [-0.3, -0.25) is 9.36 Å². The van der Waals surface area contributed by atoms with Crippen LogP contribution in [0.2, 0.25) is 5.02 Å². The molecule has 0 spiro atoms. The van der Waals surface area contributed by atoms with Crippen molar-refractivity contribution >= 4 is 34.7 Å². The molecule has 0 amide bonds. The van der Waals surface area contributed by atoms with Crippen LogP contribution in [-0.4, -0.2) is 18.3 Å². The summed E-state index contributed by atoms with van der Waals surface area (Å²) in [6, 6.07) is 21.7. The zero-order valence-corrected chi connectivity index (χ0v) is 22.1. The fraction of sp³-hybridized carbons (Fsp3) is 0.200. The van der Waals surface area contributed by atoms with Crippen molar-refractivity contribution in [3.05, 3.63) is 119 Å². The van der Waals surface area contributed by atoms with Gasteiger partial charge >= 0.3 is 0 Å². The third kappa shape index (κ3) is 4.20. The van der Waals surface area contributed by atoms with Crippen molar-refractivity contribution in [2.75, 3.05) is 13.7 Å². The standard InChI is InChI=1S/C30H25ClN2O3S/c1-3-36-25-16-18(8-15-24(25)35-2)17-26-29(34)33-28(20-9-12-21(31)13-10-20)23-14-11-19-6-4-5-7-22(19)27(23)32-30(33)37-26/h4-10,12-13,15-17,28H,3,11,14H2,1-2H3/b26-17+/t28-/m0/s1. The van der Waals surface area contributed by atoms with Crippen LogP contribution in [0.4, 0.5) is 0 Å². The highest BCUT2D eigenvalue weighted by Gasteiger charge is 2.32. The number of hydrogen-bond donors (Lipinski definition) is 0. The lowest BCUT2D eigenvalue weighted by molar-refractivity contribution is 0.311. The molecule has 0 fully saturated rings. The van der Waals surface area contributed by atoms with Crippen molar-refractivity contribution < 1.29 is 9.47 Å². The first-order valence-electron chi connectivity index (χ1n) is 12.3. The average Bonchev–Trinajstić information content (AvgIpc) is 3.22. The molecule has 4 aromatic rings. The maximum Gasteiger partial charge on any atom is 0.271 e. The van der Waals surface area contributed by atoms with Crippen LogP contribution in [0.15, 0.2) is 82.1 Å². The second-order valence-corrected chi connectivity index (χ2v) is 10.5. The predicted molar refractivity (Wildman–Crippen MR) is 148 cm³/mol. The van der Waals surface area contributed by atoms with Crippen LogP contribution in [0, 0.1) is 0 Å². The third-order valence-corrected chi connectivity index (χ3v) is 8.08. The molecule has 0 radical (unpaired) electrons. The first kappa shape index (κ1) is 23.8. The fourth-order valence-electron chi connectivity index (χ4n) is 5.17. The molecule has 6 rings (SSSR count). The summed E-state index contributed by atoms with van der Waals surface area (Å²) >= 11 is 7.63. The van der Waals surface area contributed by atoms with Crippen molar-refractivity contribution in [2.45, 2.75) is 25.8 Å². The summed E-state index contributed by atoms with van der Waals surface area (Å²) in [5.74, 6) is 1.31. The minimum absolute atomic E-state index is 0.0529. The SMILES string of the molecule is CCOc1cc(/C=c2/sc3n(c2=O)[C@@H](c2ccc(Cl)cc2)C2=C(N=3)c3ccccc3CC2)ccc1OC. The number of allylic oxidation sites excluding steroid dienone is 1. The molecule has 2 heterocycles. The van der Waals surface area contributed by atoms with E-state index < -0.39 is 0 Å². The normalized spacial score (nSPS) is 16.5. The van der Waals surface area contributed by atoms with Gasteiger partial charge in [0.2, 0.25) is 0 Å². The number of rotatable bonds is 5. The summed E-state index contributed by atoms with van der Waals surface area (Å²) in [5.41, 5.74) is 6.44. The Labute approximate surface area is 223 Å². The second-order valence-electron chi connectivity index (χ2n) is 9.01. The van der Waals surface area contributed by atoms with Crippen LogP contribution in [-0.2, 0) is 6.42 Å². The van der Waals surface area contributed by atoms with E-state index in [1.165, 1.54) is 22.5 Å². The predicted octanol–water partition coefficient (Wildman–Crippen LogP) is 5.38. The van der Waals surface area contributed by atoms with Gasteiger partial charge < -0.3 is 9.47 Å². The minimum Gasteiger partial charge on any atom is -0.493 e. The monoisotopic (exact) mass is 528 g/mol. The molecular weight excluding hydrogens is 504 g/mol. The number of hydrogen-bond acceptors (Lipinski definition) is 5. The lowest BCUT2D eigenvalue weighted by atomic mass is 9.83. The number of ether oxygens (including phenoxy) is 2. The van der Waals surface area contributed by atoms with Crippen LogP contribution in [0.25, 0.3) is 11.8 Å². The van der Waals surface area contributed by atoms with E-state index in [0.717, 1.165) is 35.2 Å². The number of halogens is 1. The van der Waals surface area contributed by atoms with Crippen molar-refractivity contribution in [1.29, 1.82) is 0 Å². The number of thiazole rings is 1. The number of aryl methyl sites for hydroxylation is 1. The van der Waals surface area contributed by atoms with Crippen LogP contribution in [0.3, 0.4) is 0 Å². The molecular formula is C30H25ClN2O3S. The zero-order chi connectivity index (χ0) is 25.5. The molecule has 0 saturated heterocycles. The van der Waals surface area contributed by atoms with Crippen LogP contribution < -0.4 is 24.4 Å². The molecule has 7 heteroatoms. The highest BCUT2D eigenvalue weighted by Crippen LogP contribution is 2.41. The molecule has 2 aliphatic rings. The molecule has 1 atom stereocenters. The van der Waals surface area contributed by atoms with E-state index in [1.54, 1.807) is 7.11 Å². The Morgan fingerprint density at radius 2 is 1.89 bits per heavy atom. The van der Waals surface area contributed by atoms with Crippen molar-refractivity contribution in [3.63, 3.8) is 0 Å². The maximum absolute atomic E-state index is 13.9. The summed E-state index contributed by atoms with van der Waals surface area (Å²) in [5, 5.41) is 0.670. The first-order chi connectivity index (χ1) is 18.1. The lowest BCUT2D eigenvalue weighted by Gasteiger charge is -2.30. The molecule has 5 nitrogen and oxygen atoms in total. The van der Waals surface area contributed by atoms with E-state index in [1.807, 2.05) is 60.0 Å². The Bertz CT molecular complexity index is 1720. The van der Waals surface area contributed by atoms with Gasteiger partial charge in [-0.05, 0) is 72.4 Å². The van der Waals surface area contributed by atoms with Gasteiger partial charge in [-0.1, -0.05) is 65.4 Å². The summed E-state index contributed by atoms with van der Waals surface area (Å²) in [7, 11) is 1.62.